The Morgan fingerprint density at radius 1 is 1.44 bits per heavy atom. The molecule has 0 saturated carbocycles. The summed E-state index contributed by atoms with van der Waals surface area (Å²) in [6.07, 6.45) is 5.91. The number of carbonyl (C=O) groups is 2. The molecule has 0 fully saturated rings. The fourth-order valence-electron chi connectivity index (χ4n) is 2.90. The van der Waals surface area contributed by atoms with Crippen LogP contribution in [0.2, 0.25) is 0 Å². The van der Waals surface area contributed by atoms with E-state index in [0.29, 0.717) is 23.5 Å². The first-order chi connectivity index (χ1) is 12.0. The Hall–Kier alpha value is -2.39. The number of aromatic nitrogens is 3. The van der Waals surface area contributed by atoms with Gasteiger partial charge in [0, 0.05) is 49.7 Å². The Kier molecular flexibility index (Phi) is 5.34. The van der Waals surface area contributed by atoms with E-state index >= 15 is 0 Å². The molecule has 1 aliphatic rings. The maximum atomic E-state index is 11.2. The highest BCUT2D eigenvalue weighted by molar-refractivity contribution is 7.15. The Morgan fingerprint density at radius 3 is 3.04 bits per heavy atom. The molecule has 0 bridgehead atoms. The van der Waals surface area contributed by atoms with Crippen molar-refractivity contribution in [2.75, 3.05) is 17.2 Å². The molecule has 1 atom stereocenters. The van der Waals surface area contributed by atoms with E-state index in [1.165, 1.54) is 18.3 Å². The van der Waals surface area contributed by atoms with Gasteiger partial charge in [0.1, 0.15) is 0 Å². The fraction of sp³-hybridized carbons (Fsp3) is 0.438. The van der Waals surface area contributed by atoms with Crippen molar-refractivity contribution in [1.29, 1.82) is 0 Å². The van der Waals surface area contributed by atoms with Crippen LogP contribution in [0.5, 0.6) is 0 Å². The van der Waals surface area contributed by atoms with Crippen LogP contribution < -0.4 is 10.6 Å². The van der Waals surface area contributed by atoms with Crippen molar-refractivity contribution in [2.45, 2.75) is 39.3 Å². The molecule has 2 aromatic heterocycles. The first-order valence-electron chi connectivity index (χ1n) is 8.06. The Labute approximate surface area is 149 Å². The number of nitrogens with zero attached hydrogens (tertiary/aromatic N) is 4. The van der Waals surface area contributed by atoms with Gasteiger partial charge in [-0.1, -0.05) is 0 Å². The second-order valence-electron chi connectivity index (χ2n) is 6.01. The van der Waals surface area contributed by atoms with Crippen LogP contribution >= 0.6 is 11.3 Å². The smallest absolute Gasteiger partial charge is 0.229 e. The van der Waals surface area contributed by atoms with Crippen molar-refractivity contribution in [3.63, 3.8) is 0 Å². The maximum absolute atomic E-state index is 11.2. The molecule has 0 aliphatic carbocycles. The minimum Gasteiger partial charge on any atom is -0.305 e. The van der Waals surface area contributed by atoms with E-state index in [2.05, 4.69) is 37.4 Å². The molecule has 9 heteroatoms. The van der Waals surface area contributed by atoms with Gasteiger partial charge in [0.05, 0.1) is 5.69 Å². The maximum Gasteiger partial charge on any atom is 0.229 e. The zero-order valence-electron chi connectivity index (χ0n) is 14.2. The monoisotopic (exact) mass is 360 g/mol. The van der Waals surface area contributed by atoms with E-state index in [4.69, 9.17) is 0 Å². The molecule has 0 radical (unpaired) electrons. The van der Waals surface area contributed by atoms with Gasteiger partial charge < -0.3 is 5.32 Å². The lowest BCUT2D eigenvalue weighted by atomic mass is 10.1. The average Bonchev–Trinajstić information content (AvgIpc) is 2.93. The van der Waals surface area contributed by atoms with E-state index in [1.807, 2.05) is 6.20 Å². The van der Waals surface area contributed by atoms with E-state index in [-0.39, 0.29) is 5.91 Å². The highest BCUT2D eigenvalue weighted by Gasteiger charge is 2.23. The van der Waals surface area contributed by atoms with E-state index < -0.39 is 0 Å². The zero-order valence-corrected chi connectivity index (χ0v) is 15.0. The number of hydrogen-bond donors (Lipinski definition) is 2. The number of fused-ring (bicyclic) bond motifs is 1. The summed E-state index contributed by atoms with van der Waals surface area (Å²) in [4.78, 5) is 38.1. The number of amides is 2. The fourth-order valence-corrected chi connectivity index (χ4v) is 3.69. The second-order valence-corrected chi connectivity index (χ2v) is 7.13. The minimum absolute atomic E-state index is 0.173. The van der Waals surface area contributed by atoms with Crippen LogP contribution in [0, 0.1) is 0 Å². The summed E-state index contributed by atoms with van der Waals surface area (Å²) in [5.74, 6) is 0.188. The predicted molar refractivity (Wildman–Crippen MR) is 95.4 cm³/mol. The number of nitrogens with one attached hydrogen (secondary N) is 2. The Bertz CT molecular complexity index is 778. The summed E-state index contributed by atoms with van der Waals surface area (Å²) in [6, 6.07) is 0.334. The highest BCUT2D eigenvalue weighted by atomic mass is 32.1. The molecule has 0 unspecified atom stereocenters. The first-order valence-corrected chi connectivity index (χ1v) is 8.88. The third-order valence-corrected chi connectivity index (χ3v) is 5.02. The van der Waals surface area contributed by atoms with Crippen LogP contribution in [-0.2, 0) is 29.0 Å². The summed E-state index contributed by atoms with van der Waals surface area (Å²) in [5, 5.41) is 5.83. The third kappa shape index (κ3) is 4.37. The molecule has 1 aliphatic heterocycles. The quantitative estimate of drug-likeness (QED) is 0.783. The molecule has 8 nitrogen and oxygen atoms in total. The van der Waals surface area contributed by atoms with Gasteiger partial charge >= 0.3 is 0 Å². The SMILES string of the molecule is CC(=O)Nc1ncc2c(n1)CCN(Cc1cnc(NC=O)s1)[C@@H](C)C2. The molecule has 25 heavy (non-hydrogen) atoms. The summed E-state index contributed by atoms with van der Waals surface area (Å²) in [5.41, 5.74) is 2.11. The van der Waals surface area contributed by atoms with Gasteiger partial charge in [-0.15, -0.1) is 11.3 Å². The summed E-state index contributed by atoms with van der Waals surface area (Å²) >= 11 is 1.48. The van der Waals surface area contributed by atoms with E-state index in [0.717, 1.165) is 42.1 Å². The van der Waals surface area contributed by atoms with Crippen LogP contribution in [0.15, 0.2) is 12.4 Å². The topological polar surface area (TPSA) is 100 Å². The van der Waals surface area contributed by atoms with Crippen molar-refractivity contribution in [3.05, 3.63) is 28.5 Å². The predicted octanol–water partition coefficient (Wildman–Crippen LogP) is 1.45. The summed E-state index contributed by atoms with van der Waals surface area (Å²) in [7, 11) is 0. The van der Waals surface area contributed by atoms with Crippen molar-refractivity contribution < 1.29 is 9.59 Å². The van der Waals surface area contributed by atoms with Crippen molar-refractivity contribution >= 4 is 34.7 Å². The van der Waals surface area contributed by atoms with Gasteiger partial charge in [-0.05, 0) is 18.9 Å². The van der Waals surface area contributed by atoms with Crippen molar-refractivity contribution in [3.8, 4) is 0 Å². The molecule has 0 aromatic carbocycles. The van der Waals surface area contributed by atoms with E-state index in [9.17, 15) is 9.59 Å². The molecule has 2 N–H and O–H groups in total. The number of carbonyl (C=O) groups excluding carboxylic acids is 2. The van der Waals surface area contributed by atoms with Gasteiger partial charge in [0.15, 0.2) is 5.13 Å². The number of rotatable bonds is 5. The molecular formula is C16H20N6O2S. The van der Waals surface area contributed by atoms with Crippen LogP contribution in [-0.4, -0.2) is 44.8 Å². The average molecular weight is 360 g/mol. The lowest BCUT2D eigenvalue weighted by molar-refractivity contribution is -0.114. The second kappa shape index (κ2) is 7.66. The lowest BCUT2D eigenvalue weighted by Gasteiger charge is -2.25. The molecule has 3 heterocycles. The minimum atomic E-state index is -0.173. The molecule has 0 saturated heterocycles. The molecule has 132 valence electrons. The lowest BCUT2D eigenvalue weighted by Crippen LogP contribution is -2.33. The van der Waals surface area contributed by atoms with Gasteiger partial charge in [-0.25, -0.2) is 15.0 Å². The van der Waals surface area contributed by atoms with Gasteiger partial charge in [-0.3, -0.25) is 19.8 Å². The van der Waals surface area contributed by atoms with Gasteiger partial charge in [-0.2, -0.15) is 0 Å². The van der Waals surface area contributed by atoms with Crippen molar-refractivity contribution in [1.82, 2.24) is 19.9 Å². The van der Waals surface area contributed by atoms with E-state index in [1.54, 1.807) is 6.20 Å². The molecular weight excluding hydrogens is 340 g/mol. The van der Waals surface area contributed by atoms with Gasteiger partial charge in [0.25, 0.3) is 0 Å². The Morgan fingerprint density at radius 2 is 2.28 bits per heavy atom. The number of hydrogen-bond acceptors (Lipinski definition) is 7. The molecule has 3 rings (SSSR count). The molecule has 2 amide bonds. The van der Waals surface area contributed by atoms with Crippen LogP contribution in [0.25, 0.3) is 0 Å². The standard InChI is InChI=1S/C16H20N6O2S/c1-10-5-12-6-17-15(20-11(2)24)21-14(12)3-4-22(10)8-13-7-18-16(25-13)19-9-23/h6-7,9-10H,3-5,8H2,1-2H3,(H,18,19,23)(H,17,20,21,24)/t10-/m0/s1. The number of thiazole rings is 1. The highest BCUT2D eigenvalue weighted by Crippen LogP contribution is 2.24. The van der Waals surface area contributed by atoms with Gasteiger partial charge in [0.2, 0.25) is 18.3 Å². The largest absolute Gasteiger partial charge is 0.305 e. The van der Waals surface area contributed by atoms with Crippen molar-refractivity contribution in [2.24, 2.45) is 0 Å². The summed E-state index contributed by atoms with van der Waals surface area (Å²) in [6.45, 7) is 5.27. The summed E-state index contributed by atoms with van der Waals surface area (Å²) < 4.78 is 0. The zero-order chi connectivity index (χ0) is 17.8. The number of anilines is 2. The van der Waals surface area contributed by atoms with Crippen LogP contribution in [0.1, 0.15) is 30.0 Å². The third-order valence-electron chi connectivity index (χ3n) is 4.11. The normalized spacial score (nSPS) is 17.4. The first kappa shape index (κ1) is 17.4. The Balaban J connectivity index is 1.70. The molecule has 2 aromatic rings. The molecule has 0 spiro atoms. The van der Waals surface area contributed by atoms with Crippen LogP contribution in [0.4, 0.5) is 11.1 Å². The van der Waals surface area contributed by atoms with Crippen LogP contribution in [0.3, 0.4) is 0 Å².